The third kappa shape index (κ3) is 10.4. The molecule has 396 valence electrons. The second kappa shape index (κ2) is 18.3. The predicted octanol–water partition coefficient (Wildman–Crippen LogP) is 11.8. The number of halogens is 22. The number of aromatic carboxylic acids is 4. The molecule has 0 amide bonds. The van der Waals surface area contributed by atoms with Crippen molar-refractivity contribution in [1.29, 1.82) is 0 Å². The number of carboxylic acids is 4. The molecule has 0 saturated heterocycles. The van der Waals surface area contributed by atoms with Crippen molar-refractivity contribution in [2.24, 2.45) is 0 Å². The van der Waals surface area contributed by atoms with E-state index in [0.717, 1.165) is 0 Å². The molecule has 73 heavy (non-hydrogen) atoms. The monoisotopic (exact) mass is 1090 g/mol. The molecule has 0 heterocycles. The lowest BCUT2D eigenvalue weighted by molar-refractivity contribution is -0.407. The van der Waals surface area contributed by atoms with E-state index in [0.29, 0.717) is 0 Å². The first-order valence-electron chi connectivity index (χ1n) is 17.9. The highest BCUT2D eigenvalue weighted by Crippen LogP contribution is 2.63. The number of alkyl halides is 22. The number of hydrogen-bond acceptors (Lipinski definition) is 8. The van der Waals surface area contributed by atoms with Gasteiger partial charge in [-0.2, -0.15) is 96.6 Å². The van der Waals surface area contributed by atoms with E-state index in [1.165, 1.54) is 0 Å². The number of benzene rings is 4. The molecule has 4 rings (SSSR count). The van der Waals surface area contributed by atoms with Gasteiger partial charge in [-0.1, -0.05) is 0 Å². The van der Waals surface area contributed by atoms with E-state index in [4.69, 9.17) is 10.2 Å². The lowest BCUT2D eigenvalue weighted by Crippen LogP contribution is -2.65. The van der Waals surface area contributed by atoms with E-state index in [-0.39, 0.29) is 36.4 Å². The number of carbonyl (C=O) groups is 6. The van der Waals surface area contributed by atoms with E-state index >= 15 is 43.9 Å². The van der Waals surface area contributed by atoms with Crippen LogP contribution in [0.15, 0.2) is 60.7 Å². The van der Waals surface area contributed by atoms with Gasteiger partial charge in [-0.3, -0.25) is 0 Å². The summed E-state index contributed by atoms with van der Waals surface area (Å²) in [5.74, 6) is -61.6. The van der Waals surface area contributed by atoms with E-state index < -0.39 is 193 Å². The summed E-state index contributed by atoms with van der Waals surface area (Å²) in [6.45, 7) is 0. The van der Waals surface area contributed by atoms with Crippen LogP contribution in [0.3, 0.4) is 0 Å². The van der Waals surface area contributed by atoms with Crippen molar-refractivity contribution >= 4 is 35.8 Å². The van der Waals surface area contributed by atoms with Crippen LogP contribution in [0.1, 0.15) is 95.5 Å². The lowest BCUT2D eigenvalue weighted by atomic mass is 9.86. The smallest absolute Gasteiger partial charge is 0.420 e. The van der Waals surface area contributed by atoms with Crippen molar-refractivity contribution in [3.8, 4) is 11.5 Å². The van der Waals surface area contributed by atoms with Crippen LogP contribution in [0.25, 0.3) is 0 Å². The number of carboxylic acid groups (broad SMARTS) is 4. The highest BCUT2D eigenvalue weighted by atomic mass is 19.4. The third-order valence-corrected chi connectivity index (χ3v) is 9.52. The lowest BCUT2D eigenvalue weighted by Gasteiger charge is -2.40. The maximum Gasteiger partial charge on any atom is 0.420 e. The molecule has 34 heteroatoms. The zero-order valence-electron chi connectivity index (χ0n) is 33.6. The molecule has 0 radical (unpaired) electrons. The average Bonchev–Trinajstić information content (AvgIpc) is 3.23. The number of rotatable bonds is 14. The predicted molar refractivity (Wildman–Crippen MR) is 186 cm³/mol. The molecule has 0 aliphatic carbocycles. The Labute approximate surface area is 384 Å². The van der Waals surface area contributed by atoms with Crippen LogP contribution >= 0.6 is 0 Å². The van der Waals surface area contributed by atoms with Gasteiger partial charge in [-0.15, -0.1) is 0 Å². The summed E-state index contributed by atoms with van der Waals surface area (Å²) >= 11 is 0. The molecule has 0 unspecified atom stereocenters. The second-order valence-corrected chi connectivity index (χ2v) is 14.2. The van der Waals surface area contributed by atoms with Gasteiger partial charge in [-0.25, -0.2) is 28.8 Å². The van der Waals surface area contributed by atoms with Crippen molar-refractivity contribution in [2.75, 3.05) is 0 Å². The fourth-order valence-corrected chi connectivity index (χ4v) is 6.01. The van der Waals surface area contributed by atoms with Crippen molar-refractivity contribution in [2.45, 2.75) is 54.3 Å². The molecule has 0 fully saturated rings. The normalized spacial score (nSPS) is 13.3. The van der Waals surface area contributed by atoms with Crippen molar-refractivity contribution in [3.63, 3.8) is 0 Å². The van der Waals surface area contributed by atoms with E-state index in [1.54, 1.807) is 0 Å². The second-order valence-electron chi connectivity index (χ2n) is 14.2. The maximum atomic E-state index is 15.5. The van der Waals surface area contributed by atoms with Gasteiger partial charge in [-0.05, 0) is 60.7 Å². The summed E-state index contributed by atoms with van der Waals surface area (Å²) in [6.07, 6.45) is -27.1. The van der Waals surface area contributed by atoms with Crippen LogP contribution < -0.4 is 9.47 Å². The Morgan fingerprint density at radius 1 is 0.329 bits per heavy atom. The van der Waals surface area contributed by atoms with Crippen LogP contribution in [-0.2, 0) is 36.6 Å². The Morgan fingerprint density at radius 2 is 0.562 bits per heavy atom. The minimum Gasteiger partial charge on any atom is -0.478 e. The van der Waals surface area contributed by atoms with Gasteiger partial charge in [0, 0.05) is 11.1 Å². The number of ether oxygens (including phenoxy) is 2. The standard InChI is InChI=1S/C39H14F22O12/c40-31(41,13-7-19(33(44,45)46)23(20(8-13)34(47,48)49)72-29(70)11-1-3-15(25(62)63)17(5-11)27(66)67)37(56,57)39(60,61)38(58,59)32(42,43)14-9-21(35(50,51)52)24(22(10-14)36(53,54)55)73-30(71)12-2-4-16(26(64)65)18(6-12)28(68)69/h1-10H,(H,62,63)(H,64,65)(H,66,67)(H,68,69). The van der Waals surface area contributed by atoms with Gasteiger partial charge in [0.05, 0.1) is 55.6 Å². The van der Waals surface area contributed by atoms with Crippen molar-refractivity contribution < 1.29 is 155 Å². The van der Waals surface area contributed by atoms with Crippen molar-refractivity contribution in [3.05, 3.63) is 127 Å². The van der Waals surface area contributed by atoms with Crippen LogP contribution in [0.5, 0.6) is 11.5 Å². The molecule has 0 atom stereocenters. The first-order chi connectivity index (χ1) is 32.7. The first-order valence-corrected chi connectivity index (χ1v) is 17.9. The zero-order valence-corrected chi connectivity index (χ0v) is 33.6. The summed E-state index contributed by atoms with van der Waals surface area (Å²) in [6, 6.07) is -6.44. The van der Waals surface area contributed by atoms with Crippen molar-refractivity contribution in [1.82, 2.24) is 0 Å². The molecule has 0 saturated carbocycles. The number of hydrogen-bond donors (Lipinski definition) is 4. The third-order valence-electron chi connectivity index (χ3n) is 9.52. The van der Waals surface area contributed by atoms with Gasteiger partial charge in [0.25, 0.3) is 0 Å². The first kappa shape index (κ1) is 57.7. The van der Waals surface area contributed by atoms with Gasteiger partial charge < -0.3 is 29.9 Å². The van der Waals surface area contributed by atoms with E-state index in [1.807, 2.05) is 0 Å². The van der Waals surface area contributed by atoms with Gasteiger partial charge in [0.15, 0.2) is 11.5 Å². The fourth-order valence-electron chi connectivity index (χ4n) is 6.01. The summed E-state index contributed by atoms with van der Waals surface area (Å²) in [4.78, 5) is 70.7. The Bertz CT molecular complexity index is 2690. The molecule has 0 bridgehead atoms. The summed E-state index contributed by atoms with van der Waals surface area (Å²) in [5.41, 5.74) is -30.2. The highest BCUT2D eigenvalue weighted by Gasteiger charge is 2.87. The van der Waals surface area contributed by atoms with Crippen LogP contribution in [0.2, 0.25) is 0 Å². The molecular formula is C39H14F22O12. The van der Waals surface area contributed by atoms with E-state index in [9.17, 15) is 91.7 Å². The van der Waals surface area contributed by atoms with Crippen LogP contribution in [0.4, 0.5) is 96.6 Å². The maximum absolute atomic E-state index is 15.5. The van der Waals surface area contributed by atoms with Crippen LogP contribution in [-0.4, -0.2) is 74.0 Å². The molecule has 4 aromatic rings. The number of carbonyl (C=O) groups excluding carboxylic acids is 2. The summed E-state index contributed by atoms with van der Waals surface area (Å²) in [7, 11) is 0. The number of esters is 2. The molecule has 4 aromatic carbocycles. The topological polar surface area (TPSA) is 202 Å². The molecule has 0 aromatic heterocycles. The SMILES string of the molecule is O=C(Oc1c(C(F)(F)F)cc(C(F)(F)C(F)(F)C(F)(F)C(F)(F)C(F)(F)c2cc(C(F)(F)F)c(OC(=O)c3ccc(C(=O)O)c(C(=O)O)c3)c(C(F)(F)F)c2)cc1C(F)(F)F)c1ccc(C(=O)O)c(C(=O)O)c1. The minimum atomic E-state index is -8.77. The Morgan fingerprint density at radius 3 is 0.767 bits per heavy atom. The summed E-state index contributed by atoms with van der Waals surface area (Å²) < 4.78 is 332. The zero-order chi connectivity index (χ0) is 56.5. The largest absolute Gasteiger partial charge is 0.478 e. The van der Waals surface area contributed by atoms with Gasteiger partial charge >= 0.3 is 90.1 Å². The van der Waals surface area contributed by atoms with E-state index in [2.05, 4.69) is 9.47 Å². The Hall–Kier alpha value is -7.84. The van der Waals surface area contributed by atoms with Gasteiger partial charge in [0.1, 0.15) is 0 Å². The average molecular weight is 1090 g/mol. The fraction of sp³-hybridized carbons (Fsp3) is 0.231. The molecule has 12 nitrogen and oxygen atoms in total. The quantitative estimate of drug-likeness (QED) is 0.0529. The Kier molecular flexibility index (Phi) is 14.5. The molecule has 0 spiro atoms. The highest BCUT2D eigenvalue weighted by molar-refractivity contribution is 6.05. The minimum absolute atomic E-state index is 0.0704. The molecule has 4 N–H and O–H groups in total. The molecule has 0 aliphatic heterocycles. The molecule has 0 aliphatic rings. The summed E-state index contributed by atoms with van der Waals surface area (Å²) in [5, 5.41) is 36.5. The Balaban J connectivity index is 1.93. The van der Waals surface area contributed by atoms with Crippen LogP contribution in [0, 0.1) is 0 Å². The molecular weight excluding hydrogens is 1080 g/mol. The van der Waals surface area contributed by atoms with Gasteiger partial charge in [0.2, 0.25) is 0 Å².